The van der Waals surface area contributed by atoms with Gasteiger partial charge in [0, 0.05) is 38.2 Å². The highest BCUT2D eigenvalue weighted by Gasteiger charge is 2.26. The molecule has 0 aliphatic carbocycles. The van der Waals surface area contributed by atoms with Gasteiger partial charge in [0.1, 0.15) is 5.69 Å². The number of nitrogens with zero attached hydrogens (tertiary/aromatic N) is 4. The van der Waals surface area contributed by atoms with Crippen molar-refractivity contribution in [1.82, 2.24) is 19.6 Å². The molecule has 0 aromatic carbocycles. The molecule has 3 aromatic rings. The zero-order chi connectivity index (χ0) is 20.2. The van der Waals surface area contributed by atoms with Crippen molar-refractivity contribution >= 4 is 11.9 Å². The zero-order valence-corrected chi connectivity index (χ0v) is 16.1. The van der Waals surface area contributed by atoms with E-state index in [1.165, 1.54) is 7.11 Å². The Labute approximate surface area is 167 Å². The number of ether oxygens (including phenoxy) is 1. The number of methoxy groups -OCH3 is 1. The molecule has 4 heterocycles. The summed E-state index contributed by atoms with van der Waals surface area (Å²) < 4.78 is 17.2. The minimum atomic E-state index is -0.345. The van der Waals surface area contributed by atoms with Gasteiger partial charge in [-0.1, -0.05) is 5.16 Å². The molecule has 0 N–H and O–H groups in total. The molecule has 152 valence electrons. The number of aryl methyl sites for hydroxylation is 1. The van der Waals surface area contributed by atoms with E-state index in [-0.39, 0.29) is 17.9 Å². The number of hydrogen-bond donors (Lipinski definition) is 0. The monoisotopic (exact) mass is 398 g/mol. The number of esters is 1. The first-order chi connectivity index (χ1) is 14.2. The predicted octanol–water partition coefficient (Wildman–Crippen LogP) is 2.71. The molecule has 0 unspecified atom stereocenters. The molecule has 4 rings (SSSR count). The van der Waals surface area contributed by atoms with Crippen molar-refractivity contribution in [3.63, 3.8) is 0 Å². The van der Waals surface area contributed by atoms with Crippen LogP contribution in [0.3, 0.4) is 0 Å². The third kappa shape index (κ3) is 4.08. The fourth-order valence-electron chi connectivity index (χ4n) is 3.62. The molecule has 29 heavy (non-hydrogen) atoms. The molecule has 0 spiro atoms. The van der Waals surface area contributed by atoms with Gasteiger partial charge in [-0.15, -0.1) is 0 Å². The number of hydrogen-bond acceptors (Lipinski definition) is 7. The van der Waals surface area contributed by atoms with Crippen molar-refractivity contribution in [1.29, 1.82) is 0 Å². The van der Waals surface area contributed by atoms with Crippen molar-refractivity contribution in [3.8, 4) is 11.6 Å². The normalized spacial score (nSPS) is 14.9. The molecule has 1 aliphatic heterocycles. The quantitative estimate of drug-likeness (QED) is 0.588. The maximum atomic E-state index is 12.6. The molecule has 0 saturated carbocycles. The van der Waals surface area contributed by atoms with E-state index in [0.717, 1.165) is 12.8 Å². The summed E-state index contributed by atoms with van der Waals surface area (Å²) in [4.78, 5) is 30.5. The third-order valence-electron chi connectivity index (χ3n) is 5.15. The molecular formula is C20H22N4O5. The van der Waals surface area contributed by atoms with E-state index in [4.69, 9.17) is 13.7 Å². The van der Waals surface area contributed by atoms with Crippen molar-refractivity contribution in [2.24, 2.45) is 0 Å². The Bertz CT molecular complexity index is 967. The highest BCUT2D eigenvalue weighted by atomic mass is 16.5. The Kier molecular flexibility index (Phi) is 5.46. The van der Waals surface area contributed by atoms with Crippen LogP contribution in [0.15, 0.2) is 45.7 Å². The Hall–Kier alpha value is -3.36. The number of furan rings is 1. The smallest absolute Gasteiger partial charge is 0.354 e. The number of piperidine rings is 1. The van der Waals surface area contributed by atoms with Crippen LogP contribution in [0.5, 0.6) is 0 Å². The van der Waals surface area contributed by atoms with Crippen LogP contribution < -0.4 is 0 Å². The summed E-state index contributed by atoms with van der Waals surface area (Å²) >= 11 is 0. The Morgan fingerprint density at radius 2 is 2.07 bits per heavy atom. The summed E-state index contributed by atoms with van der Waals surface area (Å²) in [6.07, 6.45) is 5.69. The maximum absolute atomic E-state index is 12.6. The van der Waals surface area contributed by atoms with Crippen LogP contribution in [-0.2, 0) is 16.0 Å². The second kappa shape index (κ2) is 8.34. The van der Waals surface area contributed by atoms with E-state index in [2.05, 4.69) is 10.1 Å². The van der Waals surface area contributed by atoms with Crippen molar-refractivity contribution in [3.05, 3.63) is 48.3 Å². The van der Waals surface area contributed by atoms with Gasteiger partial charge in [0.05, 0.1) is 13.4 Å². The van der Waals surface area contributed by atoms with E-state index in [9.17, 15) is 9.59 Å². The lowest BCUT2D eigenvalue weighted by atomic mass is 10.0. The lowest BCUT2D eigenvalue weighted by Gasteiger charge is -2.33. The highest BCUT2D eigenvalue weighted by molar-refractivity contribution is 5.87. The molecule has 1 saturated heterocycles. The molecule has 9 heteroatoms. The summed E-state index contributed by atoms with van der Waals surface area (Å²) in [6, 6.07) is 7.27. The van der Waals surface area contributed by atoms with Gasteiger partial charge < -0.3 is 23.1 Å². The first-order valence-electron chi connectivity index (χ1n) is 9.55. The SMILES string of the molecule is COC(=O)c1cccn1C1CCN(C(=O)CCc2nc(-c3ccco3)no2)CC1. The molecule has 1 fully saturated rings. The Morgan fingerprint density at radius 3 is 2.79 bits per heavy atom. The molecule has 0 bridgehead atoms. The second-order valence-electron chi connectivity index (χ2n) is 6.89. The predicted molar refractivity (Wildman–Crippen MR) is 101 cm³/mol. The zero-order valence-electron chi connectivity index (χ0n) is 16.1. The third-order valence-corrected chi connectivity index (χ3v) is 5.15. The summed E-state index contributed by atoms with van der Waals surface area (Å²) in [7, 11) is 1.38. The van der Waals surface area contributed by atoms with Crippen molar-refractivity contribution < 1.29 is 23.3 Å². The Balaban J connectivity index is 1.28. The van der Waals surface area contributed by atoms with Gasteiger partial charge in [-0.3, -0.25) is 4.79 Å². The number of rotatable bonds is 6. The van der Waals surface area contributed by atoms with E-state index < -0.39 is 0 Å². The second-order valence-corrected chi connectivity index (χ2v) is 6.89. The van der Waals surface area contributed by atoms with E-state index >= 15 is 0 Å². The highest BCUT2D eigenvalue weighted by Crippen LogP contribution is 2.25. The fraction of sp³-hybridized carbons (Fsp3) is 0.400. The van der Waals surface area contributed by atoms with Gasteiger partial charge in [0.2, 0.25) is 17.6 Å². The average Bonchev–Trinajstić information content (AvgIpc) is 3.52. The van der Waals surface area contributed by atoms with Crippen LogP contribution >= 0.6 is 0 Å². The number of amides is 1. The van der Waals surface area contributed by atoms with E-state index in [0.29, 0.717) is 49.1 Å². The minimum absolute atomic E-state index is 0.0573. The number of likely N-dealkylation sites (tertiary alicyclic amines) is 1. The summed E-state index contributed by atoms with van der Waals surface area (Å²) in [5, 5.41) is 3.87. The van der Waals surface area contributed by atoms with Crippen LogP contribution in [0.4, 0.5) is 0 Å². The average molecular weight is 398 g/mol. The summed E-state index contributed by atoms with van der Waals surface area (Å²) in [5.41, 5.74) is 0.543. The largest absolute Gasteiger partial charge is 0.464 e. The van der Waals surface area contributed by atoms with Gasteiger partial charge in [-0.25, -0.2) is 4.79 Å². The lowest BCUT2D eigenvalue weighted by molar-refractivity contribution is -0.132. The first kappa shape index (κ1) is 19.0. The minimum Gasteiger partial charge on any atom is -0.464 e. The molecular weight excluding hydrogens is 376 g/mol. The number of carbonyl (C=O) groups is 2. The summed E-state index contributed by atoms with van der Waals surface area (Å²) in [6.45, 7) is 1.29. The fourth-order valence-corrected chi connectivity index (χ4v) is 3.62. The molecule has 3 aromatic heterocycles. The van der Waals surface area contributed by atoms with Crippen LogP contribution in [0.25, 0.3) is 11.6 Å². The van der Waals surface area contributed by atoms with Gasteiger partial charge in [-0.05, 0) is 37.1 Å². The topological polar surface area (TPSA) is 104 Å². The van der Waals surface area contributed by atoms with Crippen LogP contribution in [0.1, 0.15) is 41.7 Å². The van der Waals surface area contributed by atoms with Gasteiger partial charge in [0.25, 0.3) is 0 Å². The standard InChI is InChI=1S/C20H22N4O5/c1-27-20(26)15-4-2-10-24(15)14-8-11-23(12-9-14)18(25)7-6-17-21-19(22-29-17)16-5-3-13-28-16/h2-5,10,13-14H,6-9,11-12H2,1H3. The number of carbonyl (C=O) groups excluding carboxylic acids is 2. The van der Waals surface area contributed by atoms with Crippen LogP contribution in [-0.4, -0.2) is 51.7 Å². The number of aromatic nitrogens is 3. The molecule has 1 aliphatic rings. The van der Waals surface area contributed by atoms with Gasteiger partial charge >= 0.3 is 5.97 Å². The van der Waals surface area contributed by atoms with Gasteiger partial charge in [-0.2, -0.15) is 4.98 Å². The van der Waals surface area contributed by atoms with E-state index in [1.807, 2.05) is 21.7 Å². The lowest BCUT2D eigenvalue weighted by Crippen LogP contribution is -2.39. The van der Waals surface area contributed by atoms with Crippen molar-refractivity contribution in [2.45, 2.75) is 31.7 Å². The molecule has 0 atom stereocenters. The Morgan fingerprint density at radius 1 is 1.24 bits per heavy atom. The van der Waals surface area contributed by atoms with Crippen LogP contribution in [0, 0.1) is 0 Å². The van der Waals surface area contributed by atoms with Crippen molar-refractivity contribution in [2.75, 3.05) is 20.2 Å². The van der Waals surface area contributed by atoms with Gasteiger partial charge in [0.15, 0.2) is 5.76 Å². The maximum Gasteiger partial charge on any atom is 0.354 e. The first-order valence-corrected chi connectivity index (χ1v) is 9.55. The molecule has 0 radical (unpaired) electrons. The molecule has 9 nitrogen and oxygen atoms in total. The van der Waals surface area contributed by atoms with Crippen LogP contribution in [0.2, 0.25) is 0 Å². The molecule has 1 amide bonds. The van der Waals surface area contributed by atoms with E-state index in [1.54, 1.807) is 24.5 Å². The summed E-state index contributed by atoms with van der Waals surface area (Å²) in [5.74, 6) is 1.04.